The van der Waals surface area contributed by atoms with Gasteiger partial charge in [0.25, 0.3) is 0 Å². The summed E-state index contributed by atoms with van der Waals surface area (Å²) in [6, 6.07) is 23.3. The summed E-state index contributed by atoms with van der Waals surface area (Å²) in [7, 11) is -3.00. The van der Waals surface area contributed by atoms with Gasteiger partial charge in [-0.3, -0.25) is 0 Å². The Labute approximate surface area is 225 Å². The number of fused-ring (bicyclic) bond motifs is 1. The smallest absolute Gasteiger partial charge is 0.148 e. The zero-order chi connectivity index (χ0) is 27.2. The molecule has 8 nitrogen and oxygen atoms in total. The first-order chi connectivity index (χ1) is 18.8. The molecule has 0 aliphatic rings. The first-order valence-electron chi connectivity index (χ1n) is 12.3. The molecule has 0 unspecified atom stereocenters. The molecule has 0 aliphatic carbocycles. The van der Waals surface area contributed by atoms with Crippen LogP contribution in [-0.2, 0) is 23.0 Å². The Hall–Kier alpha value is -4.28. The van der Waals surface area contributed by atoms with Gasteiger partial charge in [-0.25, -0.2) is 22.8 Å². The minimum atomic E-state index is -3.00. The van der Waals surface area contributed by atoms with Gasteiger partial charge in [0.05, 0.1) is 17.8 Å². The van der Waals surface area contributed by atoms with Crippen molar-refractivity contribution in [3.05, 3.63) is 102 Å². The molecule has 39 heavy (non-hydrogen) atoms. The zero-order valence-electron chi connectivity index (χ0n) is 21.2. The van der Waals surface area contributed by atoms with Gasteiger partial charge in [-0.1, -0.05) is 18.2 Å². The van der Waals surface area contributed by atoms with Gasteiger partial charge in [-0.15, -0.1) is 0 Å². The predicted octanol–water partition coefficient (Wildman–Crippen LogP) is 5.49. The Morgan fingerprint density at radius 3 is 2.51 bits per heavy atom. The Kier molecular flexibility index (Phi) is 7.85. The van der Waals surface area contributed by atoms with Crippen LogP contribution in [0.15, 0.2) is 89.6 Å². The highest BCUT2D eigenvalue weighted by Crippen LogP contribution is 2.29. The number of halogens is 1. The molecule has 3 aromatic carbocycles. The number of anilines is 2. The summed E-state index contributed by atoms with van der Waals surface area (Å²) in [4.78, 5) is 8.84. The lowest BCUT2D eigenvalue weighted by atomic mass is 10.1. The van der Waals surface area contributed by atoms with Crippen LogP contribution < -0.4 is 15.4 Å². The number of aromatic nitrogens is 2. The fourth-order valence-electron chi connectivity index (χ4n) is 3.93. The number of nitrogens with one attached hydrogen (secondary N) is 2. The predicted molar refractivity (Wildman–Crippen MR) is 149 cm³/mol. The third-order valence-corrected chi connectivity index (χ3v) is 6.91. The van der Waals surface area contributed by atoms with Crippen LogP contribution in [0, 0.1) is 5.82 Å². The Balaban J connectivity index is 1.23. The van der Waals surface area contributed by atoms with E-state index in [9.17, 15) is 12.8 Å². The number of hydrogen-bond acceptors (Lipinski definition) is 8. The van der Waals surface area contributed by atoms with Crippen molar-refractivity contribution >= 4 is 32.2 Å². The van der Waals surface area contributed by atoms with Crippen LogP contribution in [0.3, 0.4) is 0 Å². The van der Waals surface area contributed by atoms with Gasteiger partial charge in [0.15, 0.2) is 0 Å². The fraction of sp³-hybridized carbons (Fsp3) is 0.172. The molecule has 5 aromatic rings. The third kappa shape index (κ3) is 7.18. The summed E-state index contributed by atoms with van der Waals surface area (Å²) in [6.45, 7) is 1.15. The van der Waals surface area contributed by atoms with Crippen LogP contribution in [-0.4, -0.2) is 36.9 Å². The van der Waals surface area contributed by atoms with Crippen molar-refractivity contribution in [2.45, 2.75) is 13.2 Å². The second-order valence-corrected chi connectivity index (χ2v) is 11.4. The first kappa shape index (κ1) is 26.3. The molecule has 0 spiro atoms. The van der Waals surface area contributed by atoms with E-state index < -0.39 is 9.84 Å². The summed E-state index contributed by atoms with van der Waals surface area (Å²) >= 11 is 0. The number of furan rings is 1. The average molecular weight is 547 g/mol. The van der Waals surface area contributed by atoms with Crippen LogP contribution in [0.1, 0.15) is 11.3 Å². The van der Waals surface area contributed by atoms with Crippen molar-refractivity contribution in [3.63, 3.8) is 0 Å². The van der Waals surface area contributed by atoms with Gasteiger partial charge in [0.1, 0.15) is 51.7 Å². The minimum Gasteiger partial charge on any atom is -0.489 e. The van der Waals surface area contributed by atoms with Gasteiger partial charge in [-0.2, -0.15) is 0 Å². The van der Waals surface area contributed by atoms with E-state index in [2.05, 4.69) is 20.6 Å². The second-order valence-electron chi connectivity index (χ2n) is 9.09. The molecular formula is C29H27FN4O4S. The van der Waals surface area contributed by atoms with Crippen LogP contribution in [0.4, 0.5) is 15.9 Å². The van der Waals surface area contributed by atoms with E-state index in [-0.39, 0.29) is 11.6 Å². The van der Waals surface area contributed by atoms with Crippen LogP contribution in [0.5, 0.6) is 5.75 Å². The lowest BCUT2D eigenvalue weighted by Gasteiger charge is -2.11. The molecule has 2 heterocycles. The highest BCUT2D eigenvalue weighted by atomic mass is 32.2. The Morgan fingerprint density at radius 2 is 1.74 bits per heavy atom. The summed E-state index contributed by atoms with van der Waals surface area (Å²) in [5.41, 5.74) is 3.36. The van der Waals surface area contributed by atoms with Crippen LogP contribution >= 0.6 is 0 Å². The highest BCUT2D eigenvalue weighted by Gasteiger charge is 2.10. The normalized spacial score (nSPS) is 11.5. The van der Waals surface area contributed by atoms with Gasteiger partial charge in [0, 0.05) is 29.4 Å². The maximum atomic E-state index is 13.1. The maximum absolute atomic E-state index is 13.1. The molecule has 0 saturated carbocycles. The number of rotatable bonds is 11. The quantitative estimate of drug-likeness (QED) is 0.210. The molecule has 0 radical (unpaired) electrons. The molecule has 0 bridgehead atoms. The van der Waals surface area contributed by atoms with Crippen molar-refractivity contribution in [1.82, 2.24) is 15.3 Å². The lowest BCUT2D eigenvalue weighted by Crippen LogP contribution is -2.21. The standard InChI is InChI=1S/C29H27FN4O4S/c1-39(35,36)15-14-31-17-25-11-13-28(38-25)21-4-12-26-27(16-21)32-19-33-29(26)34-23-7-9-24(10-8-23)37-18-20-2-5-22(30)6-3-20/h2-13,16,19,31H,14-15,17-18H2,1H3,(H,32,33,34). The molecule has 0 saturated heterocycles. The average Bonchev–Trinajstić information content (AvgIpc) is 3.40. The van der Waals surface area contributed by atoms with E-state index in [1.54, 1.807) is 12.1 Å². The fourth-order valence-corrected chi connectivity index (χ4v) is 4.44. The van der Waals surface area contributed by atoms with Crippen molar-refractivity contribution < 1.29 is 22.0 Å². The first-order valence-corrected chi connectivity index (χ1v) is 14.4. The topological polar surface area (TPSA) is 106 Å². The molecule has 10 heteroatoms. The second kappa shape index (κ2) is 11.6. The monoisotopic (exact) mass is 546 g/mol. The van der Waals surface area contributed by atoms with E-state index in [1.165, 1.54) is 24.7 Å². The summed E-state index contributed by atoms with van der Waals surface area (Å²) in [5, 5.41) is 7.27. The van der Waals surface area contributed by atoms with Gasteiger partial charge < -0.3 is 19.8 Å². The SMILES string of the molecule is CS(=O)(=O)CCNCc1ccc(-c2ccc3c(Nc4ccc(OCc5ccc(F)cc5)cc4)ncnc3c2)o1. The molecule has 0 fully saturated rings. The molecule has 5 rings (SSSR count). The van der Waals surface area contributed by atoms with Gasteiger partial charge in [-0.05, 0) is 66.2 Å². The maximum Gasteiger partial charge on any atom is 0.148 e. The van der Waals surface area contributed by atoms with E-state index >= 15 is 0 Å². The van der Waals surface area contributed by atoms with Gasteiger partial charge in [0.2, 0.25) is 0 Å². The number of sulfone groups is 1. The molecular weight excluding hydrogens is 519 g/mol. The highest BCUT2D eigenvalue weighted by molar-refractivity contribution is 7.90. The van der Waals surface area contributed by atoms with E-state index in [0.29, 0.717) is 42.8 Å². The van der Waals surface area contributed by atoms with E-state index in [4.69, 9.17) is 9.15 Å². The minimum absolute atomic E-state index is 0.0801. The number of hydrogen-bond donors (Lipinski definition) is 2. The van der Waals surface area contributed by atoms with Crippen molar-refractivity contribution in [3.8, 4) is 17.1 Å². The molecule has 0 atom stereocenters. The van der Waals surface area contributed by atoms with Crippen LogP contribution in [0.25, 0.3) is 22.2 Å². The lowest BCUT2D eigenvalue weighted by molar-refractivity contribution is 0.306. The van der Waals surface area contributed by atoms with Gasteiger partial charge >= 0.3 is 0 Å². The summed E-state index contributed by atoms with van der Waals surface area (Å²) in [5.74, 6) is 2.59. The summed E-state index contributed by atoms with van der Waals surface area (Å²) < 4.78 is 47.3. The Bertz CT molecular complexity index is 1670. The summed E-state index contributed by atoms with van der Waals surface area (Å²) in [6.07, 6.45) is 2.72. The largest absolute Gasteiger partial charge is 0.489 e. The van der Waals surface area contributed by atoms with E-state index in [1.807, 2.05) is 54.6 Å². The van der Waals surface area contributed by atoms with Crippen LogP contribution in [0.2, 0.25) is 0 Å². The molecule has 0 amide bonds. The van der Waals surface area contributed by atoms with E-state index in [0.717, 1.165) is 27.7 Å². The van der Waals surface area contributed by atoms with Crippen molar-refractivity contribution in [2.75, 3.05) is 23.9 Å². The van der Waals surface area contributed by atoms with Crippen molar-refractivity contribution in [1.29, 1.82) is 0 Å². The molecule has 2 aromatic heterocycles. The third-order valence-electron chi connectivity index (χ3n) is 5.97. The van der Waals surface area contributed by atoms with Crippen molar-refractivity contribution in [2.24, 2.45) is 0 Å². The number of ether oxygens (including phenoxy) is 1. The molecule has 2 N–H and O–H groups in total. The Morgan fingerprint density at radius 1 is 0.949 bits per heavy atom. The molecule has 0 aliphatic heterocycles. The zero-order valence-corrected chi connectivity index (χ0v) is 22.0. The number of nitrogens with zero attached hydrogens (tertiary/aromatic N) is 2. The molecule has 200 valence electrons. The number of benzene rings is 3.